The van der Waals surface area contributed by atoms with Crippen LogP contribution >= 0.6 is 11.3 Å². The molecular formula is C32H49N3O4S. The Balaban J connectivity index is 2.74. The van der Waals surface area contributed by atoms with Crippen molar-refractivity contribution < 1.29 is 19.1 Å². The standard InChI is InChI=1S/C32H49N3O4S/c1-10-11-23(3)16-26(6)38-32(37)19-28(33)18-25(5)30-21-40-31(34-30)20-29(39-27(7)36)17-24(4)13-12-22(2)14-15-35(8)9/h10-14,17,21,25-26,28-29H,1,15-16,18-20,33H2,2-9H3. The molecule has 0 spiro atoms. The van der Waals surface area contributed by atoms with Crippen molar-refractivity contribution in [2.45, 2.75) is 91.4 Å². The molecule has 0 aliphatic carbocycles. The minimum Gasteiger partial charge on any atom is -0.462 e. The van der Waals surface area contributed by atoms with E-state index in [0.717, 1.165) is 28.4 Å². The molecule has 1 rings (SSSR count). The highest BCUT2D eigenvalue weighted by Crippen LogP contribution is 2.25. The first-order valence-electron chi connectivity index (χ1n) is 13.8. The fourth-order valence-electron chi connectivity index (χ4n) is 4.08. The Bertz CT molecular complexity index is 1080. The second-order valence-corrected chi connectivity index (χ2v) is 11.8. The lowest BCUT2D eigenvalue weighted by Crippen LogP contribution is -2.28. The van der Waals surface area contributed by atoms with Crippen molar-refractivity contribution in [3.63, 3.8) is 0 Å². The van der Waals surface area contributed by atoms with Crippen LogP contribution in [0.3, 0.4) is 0 Å². The van der Waals surface area contributed by atoms with Crippen LogP contribution in [0.1, 0.15) is 77.4 Å². The molecule has 0 aliphatic rings. The van der Waals surface area contributed by atoms with Gasteiger partial charge in [0.05, 0.1) is 17.1 Å². The van der Waals surface area contributed by atoms with E-state index in [1.165, 1.54) is 23.8 Å². The number of nitrogens with zero attached hydrogens (tertiary/aromatic N) is 2. The summed E-state index contributed by atoms with van der Waals surface area (Å²) in [6.45, 7) is 16.0. The Morgan fingerprint density at radius 3 is 2.40 bits per heavy atom. The third kappa shape index (κ3) is 15.7. The summed E-state index contributed by atoms with van der Waals surface area (Å²) in [5, 5.41) is 2.90. The first-order chi connectivity index (χ1) is 18.8. The van der Waals surface area contributed by atoms with E-state index >= 15 is 0 Å². The number of aromatic nitrogens is 1. The van der Waals surface area contributed by atoms with Crippen molar-refractivity contribution >= 4 is 23.3 Å². The fraction of sp³-hybridized carbons (Fsp3) is 0.531. The van der Waals surface area contributed by atoms with E-state index < -0.39 is 6.10 Å². The van der Waals surface area contributed by atoms with E-state index in [9.17, 15) is 9.59 Å². The monoisotopic (exact) mass is 571 g/mol. The molecule has 0 bridgehead atoms. The van der Waals surface area contributed by atoms with Crippen LogP contribution in [-0.4, -0.2) is 60.7 Å². The number of likely N-dealkylation sites (N-methyl/N-ethyl adjacent to an activating group) is 1. The Labute approximate surface area is 245 Å². The Morgan fingerprint density at radius 1 is 1.10 bits per heavy atom. The van der Waals surface area contributed by atoms with Gasteiger partial charge in [0.25, 0.3) is 0 Å². The van der Waals surface area contributed by atoms with Gasteiger partial charge in [0.2, 0.25) is 0 Å². The van der Waals surface area contributed by atoms with E-state index in [1.807, 2.05) is 58.5 Å². The van der Waals surface area contributed by atoms with Crippen LogP contribution in [0.15, 0.2) is 65.1 Å². The van der Waals surface area contributed by atoms with Crippen molar-refractivity contribution in [3.8, 4) is 0 Å². The SMILES string of the molecule is C=CC=C(C)CC(C)OC(=O)CC(N)CC(C)c1csc(CC(C=C(C)C=CC(C)=CCN(C)C)OC(C)=O)n1. The normalized spacial score (nSPS) is 16.1. The van der Waals surface area contributed by atoms with Gasteiger partial charge in [-0.25, -0.2) is 4.98 Å². The molecule has 1 aromatic rings. The van der Waals surface area contributed by atoms with Gasteiger partial charge in [0.1, 0.15) is 12.2 Å². The van der Waals surface area contributed by atoms with Crippen molar-refractivity contribution in [3.05, 3.63) is 75.8 Å². The predicted molar refractivity (Wildman–Crippen MR) is 166 cm³/mol. The lowest BCUT2D eigenvalue weighted by atomic mass is 9.98. The number of carbonyl (C=O) groups excluding carboxylic acids is 2. The lowest BCUT2D eigenvalue weighted by molar-refractivity contribution is -0.148. The second-order valence-electron chi connectivity index (χ2n) is 10.8. The van der Waals surface area contributed by atoms with E-state index in [0.29, 0.717) is 19.3 Å². The average Bonchev–Trinajstić information content (AvgIpc) is 3.29. The van der Waals surface area contributed by atoms with Crippen LogP contribution in [0.5, 0.6) is 0 Å². The molecule has 4 unspecified atom stereocenters. The number of hydrogen-bond donors (Lipinski definition) is 1. The zero-order valence-electron chi connectivity index (χ0n) is 25.6. The maximum Gasteiger partial charge on any atom is 0.307 e. The number of rotatable bonds is 17. The third-order valence-electron chi connectivity index (χ3n) is 6.03. The molecule has 1 heterocycles. The average molecular weight is 572 g/mol. The summed E-state index contributed by atoms with van der Waals surface area (Å²) >= 11 is 1.54. The van der Waals surface area contributed by atoms with Crippen molar-refractivity contribution in [2.24, 2.45) is 5.73 Å². The van der Waals surface area contributed by atoms with E-state index in [2.05, 4.69) is 37.5 Å². The summed E-state index contributed by atoms with van der Waals surface area (Å²) in [7, 11) is 4.07. The number of hydrogen-bond acceptors (Lipinski definition) is 8. The highest BCUT2D eigenvalue weighted by atomic mass is 32.1. The molecule has 0 aliphatic heterocycles. The number of carbonyl (C=O) groups is 2. The number of nitrogens with two attached hydrogens (primary N) is 1. The number of ether oxygens (including phenoxy) is 2. The lowest BCUT2D eigenvalue weighted by Gasteiger charge is -2.18. The molecule has 0 amide bonds. The molecule has 40 heavy (non-hydrogen) atoms. The zero-order chi connectivity index (χ0) is 30.2. The van der Waals surface area contributed by atoms with Crippen LogP contribution in [0.2, 0.25) is 0 Å². The highest BCUT2D eigenvalue weighted by Gasteiger charge is 2.20. The molecule has 4 atom stereocenters. The van der Waals surface area contributed by atoms with Crippen molar-refractivity contribution in [1.29, 1.82) is 0 Å². The molecule has 2 N–H and O–H groups in total. The molecule has 8 heteroatoms. The van der Waals surface area contributed by atoms with Gasteiger partial charge in [0.15, 0.2) is 0 Å². The smallest absolute Gasteiger partial charge is 0.307 e. The van der Waals surface area contributed by atoms with Gasteiger partial charge in [-0.05, 0) is 54.3 Å². The molecule has 222 valence electrons. The van der Waals surface area contributed by atoms with Crippen LogP contribution < -0.4 is 5.73 Å². The van der Waals surface area contributed by atoms with E-state index in [-0.39, 0.29) is 36.4 Å². The maximum absolute atomic E-state index is 12.4. The van der Waals surface area contributed by atoms with Crippen molar-refractivity contribution in [2.75, 3.05) is 20.6 Å². The maximum atomic E-state index is 12.4. The summed E-state index contributed by atoms with van der Waals surface area (Å²) in [5.74, 6) is -0.544. The number of thiazole rings is 1. The number of esters is 2. The van der Waals surface area contributed by atoms with Gasteiger partial charge in [-0.15, -0.1) is 11.3 Å². The van der Waals surface area contributed by atoms with E-state index in [4.69, 9.17) is 20.2 Å². The van der Waals surface area contributed by atoms with Crippen LogP contribution in [0, 0.1) is 0 Å². The third-order valence-corrected chi connectivity index (χ3v) is 6.92. The molecule has 0 radical (unpaired) electrons. The minimum absolute atomic E-state index is 0.0762. The summed E-state index contributed by atoms with van der Waals surface area (Å²) in [6, 6.07) is -0.328. The molecule has 0 fully saturated rings. The van der Waals surface area contributed by atoms with Gasteiger partial charge in [-0.1, -0.05) is 60.6 Å². The fourth-order valence-corrected chi connectivity index (χ4v) is 5.04. The Hall–Kier alpha value is -2.81. The summed E-state index contributed by atoms with van der Waals surface area (Å²) < 4.78 is 11.1. The van der Waals surface area contributed by atoms with Gasteiger partial charge in [-0.2, -0.15) is 0 Å². The first kappa shape index (κ1) is 35.2. The van der Waals surface area contributed by atoms with Crippen LogP contribution in [0.4, 0.5) is 0 Å². The van der Waals surface area contributed by atoms with Crippen LogP contribution in [0.25, 0.3) is 0 Å². The molecule has 7 nitrogen and oxygen atoms in total. The van der Waals surface area contributed by atoms with Crippen LogP contribution in [-0.2, 0) is 25.5 Å². The summed E-state index contributed by atoms with van der Waals surface area (Å²) in [6.07, 6.45) is 13.1. The summed E-state index contributed by atoms with van der Waals surface area (Å²) in [4.78, 5) is 31.0. The topological polar surface area (TPSA) is 94.8 Å². The first-order valence-corrected chi connectivity index (χ1v) is 14.7. The Kier molecular flexibility index (Phi) is 16.3. The molecule has 0 saturated carbocycles. The summed E-state index contributed by atoms with van der Waals surface area (Å²) in [5.41, 5.74) is 10.5. The quantitative estimate of drug-likeness (QED) is 0.173. The molecule has 1 aromatic heterocycles. The second kappa shape index (κ2) is 18.5. The van der Waals surface area contributed by atoms with Gasteiger partial charge < -0.3 is 20.1 Å². The largest absolute Gasteiger partial charge is 0.462 e. The molecule has 0 aromatic carbocycles. The van der Waals surface area contributed by atoms with E-state index in [1.54, 1.807) is 6.08 Å². The van der Waals surface area contributed by atoms with Gasteiger partial charge in [0, 0.05) is 43.6 Å². The van der Waals surface area contributed by atoms with Crippen molar-refractivity contribution in [1.82, 2.24) is 9.88 Å². The van der Waals surface area contributed by atoms with Gasteiger partial charge >= 0.3 is 11.9 Å². The highest BCUT2D eigenvalue weighted by molar-refractivity contribution is 7.09. The zero-order valence-corrected chi connectivity index (χ0v) is 26.4. The van der Waals surface area contributed by atoms with Gasteiger partial charge in [-0.3, -0.25) is 9.59 Å². The Morgan fingerprint density at radius 2 is 1.77 bits per heavy atom. The molecule has 0 saturated heterocycles. The molecular weight excluding hydrogens is 522 g/mol. The minimum atomic E-state index is -0.411. The predicted octanol–water partition coefficient (Wildman–Crippen LogP) is 6.29. The number of allylic oxidation sites excluding steroid dienone is 6.